The molecule has 0 bridgehead atoms. The minimum Gasteiger partial charge on any atom is -0.454 e. The van der Waals surface area contributed by atoms with Gasteiger partial charge >= 0.3 is 0 Å². The van der Waals surface area contributed by atoms with Gasteiger partial charge in [0, 0.05) is 24.5 Å². The van der Waals surface area contributed by atoms with Gasteiger partial charge in [-0.25, -0.2) is 0 Å². The molecule has 1 heterocycles. The van der Waals surface area contributed by atoms with Crippen LogP contribution in [0, 0.1) is 0 Å². The Morgan fingerprint density at radius 2 is 2.18 bits per heavy atom. The van der Waals surface area contributed by atoms with Crippen LogP contribution in [0.5, 0.6) is 11.5 Å². The van der Waals surface area contributed by atoms with E-state index in [1.165, 1.54) is 0 Å². The SMILES string of the molecule is CN(CCCBr)C(=O)c1ccc2c(c1)OCO2. The van der Waals surface area contributed by atoms with Crippen molar-refractivity contribution in [2.24, 2.45) is 0 Å². The lowest BCUT2D eigenvalue weighted by Gasteiger charge is -2.16. The Labute approximate surface area is 109 Å². The molecule has 1 aromatic carbocycles. The third-order valence-electron chi connectivity index (χ3n) is 2.59. The zero-order valence-corrected chi connectivity index (χ0v) is 11.2. The van der Waals surface area contributed by atoms with Crippen LogP contribution in [0.2, 0.25) is 0 Å². The summed E-state index contributed by atoms with van der Waals surface area (Å²) in [6, 6.07) is 5.27. The number of alkyl halides is 1. The van der Waals surface area contributed by atoms with Gasteiger partial charge in [-0.15, -0.1) is 0 Å². The third-order valence-corrected chi connectivity index (χ3v) is 3.15. The second-order valence-corrected chi connectivity index (χ2v) is 4.63. The third kappa shape index (κ3) is 2.72. The Balaban J connectivity index is 2.09. The first-order valence-electron chi connectivity index (χ1n) is 5.43. The summed E-state index contributed by atoms with van der Waals surface area (Å²) < 4.78 is 10.5. The first-order chi connectivity index (χ1) is 8.22. The van der Waals surface area contributed by atoms with E-state index in [0.717, 1.165) is 18.3 Å². The van der Waals surface area contributed by atoms with Gasteiger partial charge in [0.1, 0.15) is 0 Å². The van der Waals surface area contributed by atoms with E-state index in [4.69, 9.17) is 9.47 Å². The predicted molar refractivity (Wildman–Crippen MR) is 67.9 cm³/mol. The molecule has 0 saturated heterocycles. The molecule has 17 heavy (non-hydrogen) atoms. The second-order valence-electron chi connectivity index (χ2n) is 3.84. The zero-order chi connectivity index (χ0) is 12.3. The number of hydrogen-bond donors (Lipinski definition) is 0. The molecule has 0 aromatic heterocycles. The number of rotatable bonds is 4. The number of benzene rings is 1. The lowest BCUT2D eigenvalue weighted by Crippen LogP contribution is -2.27. The zero-order valence-electron chi connectivity index (χ0n) is 9.61. The number of hydrogen-bond acceptors (Lipinski definition) is 3. The van der Waals surface area contributed by atoms with Crippen molar-refractivity contribution >= 4 is 21.8 Å². The number of halogens is 1. The summed E-state index contributed by atoms with van der Waals surface area (Å²) in [5.74, 6) is 1.35. The summed E-state index contributed by atoms with van der Waals surface area (Å²) in [4.78, 5) is 13.8. The molecule has 0 spiro atoms. The highest BCUT2D eigenvalue weighted by atomic mass is 79.9. The van der Waals surface area contributed by atoms with E-state index in [-0.39, 0.29) is 12.7 Å². The minimum atomic E-state index is 0.00394. The Bertz CT molecular complexity index is 422. The number of amides is 1. The van der Waals surface area contributed by atoms with Gasteiger partial charge in [0.15, 0.2) is 11.5 Å². The molecule has 0 fully saturated rings. The highest BCUT2D eigenvalue weighted by Crippen LogP contribution is 2.32. The first kappa shape index (κ1) is 12.2. The van der Waals surface area contributed by atoms with E-state index in [9.17, 15) is 4.79 Å². The molecule has 0 aliphatic carbocycles. The van der Waals surface area contributed by atoms with Gasteiger partial charge in [0.25, 0.3) is 5.91 Å². The van der Waals surface area contributed by atoms with Crippen molar-refractivity contribution < 1.29 is 14.3 Å². The number of carbonyl (C=O) groups excluding carboxylic acids is 1. The fraction of sp³-hybridized carbons (Fsp3) is 0.417. The molecule has 0 saturated carbocycles. The van der Waals surface area contributed by atoms with Gasteiger partial charge in [-0.1, -0.05) is 15.9 Å². The van der Waals surface area contributed by atoms with E-state index in [2.05, 4.69) is 15.9 Å². The molecular weight excluding hydrogens is 286 g/mol. The predicted octanol–water partition coefficient (Wildman–Crippen LogP) is 2.27. The summed E-state index contributed by atoms with van der Waals surface area (Å²) in [5, 5.41) is 0.895. The average Bonchev–Trinajstić information content (AvgIpc) is 2.81. The smallest absolute Gasteiger partial charge is 0.253 e. The van der Waals surface area contributed by atoms with Gasteiger partial charge in [-0.3, -0.25) is 4.79 Å². The van der Waals surface area contributed by atoms with Crippen molar-refractivity contribution in [1.29, 1.82) is 0 Å². The van der Waals surface area contributed by atoms with Gasteiger partial charge < -0.3 is 14.4 Å². The summed E-state index contributed by atoms with van der Waals surface area (Å²) >= 11 is 3.35. The van der Waals surface area contributed by atoms with Crippen LogP contribution in [0.4, 0.5) is 0 Å². The van der Waals surface area contributed by atoms with Crippen LogP contribution in [0.25, 0.3) is 0 Å². The molecule has 4 nitrogen and oxygen atoms in total. The van der Waals surface area contributed by atoms with Crippen molar-refractivity contribution in [2.75, 3.05) is 25.7 Å². The maximum Gasteiger partial charge on any atom is 0.253 e. The Kier molecular flexibility index (Phi) is 3.89. The fourth-order valence-electron chi connectivity index (χ4n) is 1.65. The highest BCUT2D eigenvalue weighted by Gasteiger charge is 2.17. The number of ether oxygens (including phenoxy) is 2. The number of carbonyl (C=O) groups is 1. The van der Waals surface area contributed by atoms with E-state index in [1.807, 2.05) is 0 Å². The normalized spacial score (nSPS) is 12.6. The van der Waals surface area contributed by atoms with Gasteiger partial charge in [0.05, 0.1) is 0 Å². The maximum atomic E-state index is 12.1. The average molecular weight is 300 g/mol. The van der Waals surface area contributed by atoms with Gasteiger partial charge in [-0.05, 0) is 24.6 Å². The Hall–Kier alpha value is -1.23. The summed E-state index contributed by atoms with van der Waals surface area (Å²) in [7, 11) is 1.80. The molecule has 1 aliphatic rings. The van der Waals surface area contributed by atoms with Crippen molar-refractivity contribution in [3.05, 3.63) is 23.8 Å². The largest absolute Gasteiger partial charge is 0.454 e. The highest BCUT2D eigenvalue weighted by molar-refractivity contribution is 9.09. The summed E-state index contributed by atoms with van der Waals surface area (Å²) in [5.41, 5.74) is 0.631. The van der Waals surface area contributed by atoms with Crippen molar-refractivity contribution in [2.45, 2.75) is 6.42 Å². The molecule has 0 unspecified atom stereocenters. The first-order valence-corrected chi connectivity index (χ1v) is 6.55. The molecule has 0 radical (unpaired) electrons. The molecule has 1 aliphatic heterocycles. The second kappa shape index (κ2) is 5.40. The monoisotopic (exact) mass is 299 g/mol. The van der Waals surface area contributed by atoms with Crippen molar-refractivity contribution in [3.8, 4) is 11.5 Å². The molecule has 1 amide bonds. The topological polar surface area (TPSA) is 38.8 Å². The Morgan fingerprint density at radius 1 is 1.41 bits per heavy atom. The standard InChI is InChI=1S/C12H14BrNO3/c1-14(6-2-5-13)12(15)9-3-4-10-11(7-9)17-8-16-10/h3-4,7H,2,5-6,8H2,1H3. The van der Waals surface area contributed by atoms with E-state index >= 15 is 0 Å². The van der Waals surface area contributed by atoms with Crippen LogP contribution in [0.15, 0.2) is 18.2 Å². The lowest BCUT2D eigenvalue weighted by molar-refractivity contribution is 0.0795. The van der Waals surface area contributed by atoms with Crippen LogP contribution < -0.4 is 9.47 Å². The molecule has 0 N–H and O–H groups in total. The molecular formula is C12H14BrNO3. The molecule has 1 aromatic rings. The van der Waals surface area contributed by atoms with E-state index < -0.39 is 0 Å². The van der Waals surface area contributed by atoms with E-state index in [0.29, 0.717) is 17.1 Å². The molecule has 5 heteroatoms. The summed E-state index contributed by atoms with van der Waals surface area (Å²) in [6.45, 7) is 0.963. The lowest BCUT2D eigenvalue weighted by atomic mass is 10.2. The van der Waals surface area contributed by atoms with Crippen LogP contribution in [-0.2, 0) is 0 Å². The van der Waals surface area contributed by atoms with Crippen molar-refractivity contribution in [1.82, 2.24) is 4.90 Å². The summed E-state index contributed by atoms with van der Waals surface area (Å²) in [6.07, 6.45) is 0.937. The Morgan fingerprint density at radius 3 is 2.94 bits per heavy atom. The van der Waals surface area contributed by atoms with Crippen molar-refractivity contribution in [3.63, 3.8) is 0 Å². The molecule has 0 atom stereocenters. The van der Waals surface area contributed by atoms with Gasteiger partial charge in [0.2, 0.25) is 6.79 Å². The number of nitrogens with zero attached hydrogens (tertiary/aromatic N) is 1. The quantitative estimate of drug-likeness (QED) is 0.801. The fourth-order valence-corrected chi connectivity index (χ4v) is 1.90. The van der Waals surface area contributed by atoms with Crippen LogP contribution in [0.1, 0.15) is 16.8 Å². The number of fused-ring (bicyclic) bond motifs is 1. The molecule has 2 rings (SSSR count). The van der Waals surface area contributed by atoms with E-state index in [1.54, 1.807) is 30.1 Å². The maximum absolute atomic E-state index is 12.1. The van der Waals surface area contributed by atoms with Crippen LogP contribution >= 0.6 is 15.9 Å². The minimum absolute atomic E-state index is 0.00394. The van der Waals surface area contributed by atoms with Gasteiger partial charge in [-0.2, -0.15) is 0 Å². The molecule has 92 valence electrons. The van der Waals surface area contributed by atoms with Crippen LogP contribution in [0.3, 0.4) is 0 Å². The van der Waals surface area contributed by atoms with Crippen LogP contribution in [-0.4, -0.2) is 36.5 Å².